The summed E-state index contributed by atoms with van der Waals surface area (Å²) in [5, 5.41) is 0. The van der Waals surface area contributed by atoms with E-state index in [4.69, 9.17) is 0 Å². The lowest BCUT2D eigenvalue weighted by Gasteiger charge is -2.12. The van der Waals surface area contributed by atoms with E-state index in [-0.39, 0.29) is 17.8 Å². The van der Waals surface area contributed by atoms with Crippen LogP contribution in [0.4, 0.5) is 13.2 Å². The molecule has 0 spiro atoms. The first kappa shape index (κ1) is 15.5. The van der Waals surface area contributed by atoms with E-state index in [1.54, 1.807) is 0 Å². The zero-order valence-corrected chi connectivity index (χ0v) is 10.8. The van der Waals surface area contributed by atoms with Crippen LogP contribution in [0.5, 0.6) is 5.75 Å². The van der Waals surface area contributed by atoms with Crippen molar-refractivity contribution in [2.24, 2.45) is 0 Å². The van der Waals surface area contributed by atoms with Gasteiger partial charge in [0.1, 0.15) is 5.75 Å². The van der Waals surface area contributed by atoms with Crippen molar-refractivity contribution in [1.82, 2.24) is 0 Å². The summed E-state index contributed by atoms with van der Waals surface area (Å²) in [5.41, 5.74) is -0.00340. The zero-order valence-electron chi connectivity index (χ0n) is 10.8. The van der Waals surface area contributed by atoms with Crippen molar-refractivity contribution < 1.29 is 22.7 Å². The van der Waals surface area contributed by atoms with Gasteiger partial charge in [-0.3, -0.25) is 4.79 Å². The van der Waals surface area contributed by atoms with Crippen LogP contribution in [0.3, 0.4) is 0 Å². The molecular weight excluding hydrogens is 257 g/mol. The largest absolute Gasteiger partial charge is 0.573 e. The Kier molecular flexibility index (Phi) is 5.86. The van der Waals surface area contributed by atoms with Crippen LogP contribution in [0.2, 0.25) is 0 Å². The highest BCUT2D eigenvalue weighted by Crippen LogP contribution is 2.27. The van der Waals surface area contributed by atoms with E-state index in [1.165, 1.54) is 18.2 Å². The summed E-state index contributed by atoms with van der Waals surface area (Å²) >= 11 is 0. The van der Waals surface area contributed by atoms with E-state index in [0.29, 0.717) is 6.42 Å². The minimum Gasteiger partial charge on any atom is -0.405 e. The van der Waals surface area contributed by atoms with Gasteiger partial charge in [0.2, 0.25) is 0 Å². The lowest BCUT2D eigenvalue weighted by molar-refractivity contribution is -0.274. The smallest absolute Gasteiger partial charge is 0.405 e. The lowest BCUT2D eigenvalue weighted by Crippen LogP contribution is -2.19. The van der Waals surface area contributed by atoms with E-state index in [1.807, 2.05) is 6.92 Å². The van der Waals surface area contributed by atoms with Gasteiger partial charge < -0.3 is 4.74 Å². The molecule has 0 heterocycles. The molecule has 0 saturated heterocycles. The summed E-state index contributed by atoms with van der Waals surface area (Å²) in [6.07, 6.45) is -0.871. The van der Waals surface area contributed by atoms with E-state index in [0.717, 1.165) is 25.3 Å². The van der Waals surface area contributed by atoms with Crippen LogP contribution >= 0.6 is 0 Å². The van der Waals surface area contributed by atoms with Gasteiger partial charge in [-0.1, -0.05) is 38.3 Å². The minimum atomic E-state index is -4.78. The van der Waals surface area contributed by atoms with Crippen molar-refractivity contribution in [3.8, 4) is 5.75 Å². The zero-order chi connectivity index (χ0) is 14.3. The molecule has 0 aliphatic heterocycles. The third-order valence-electron chi connectivity index (χ3n) is 2.67. The Balaban J connectivity index is 2.68. The van der Waals surface area contributed by atoms with Gasteiger partial charge in [0.05, 0.1) is 5.56 Å². The highest BCUT2D eigenvalue weighted by molar-refractivity contribution is 5.98. The molecule has 0 unspecified atom stereocenters. The number of carbonyl (C=O) groups excluding carboxylic acids is 1. The molecule has 0 saturated carbocycles. The maximum absolute atomic E-state index is 12.2. The summed E-state index contributed by atoms with van der Waals surface area (Å²) < 4.78 is 40.5. The normalized spacial score (nSPS) is 11.4. The molecule has 1 rings (SSSR count). The quantitative estimate of drug-likeness (QED) is 0.530. The monoisotopic (exact) mass is 274 g/mol. The molecule has 0 amide bonds. The molecule has 19 heavy (non-hydrogen) atoms. The predicted molar refractivity (Wildman–Crippen MR) is 66.2 cm³/mol. The standard InChI is InChI=1S/C14H17F3O2/c1-2-3-4-5-9-12(18)11-8-6-7-10-13(11)19-14(15,16)17/h6-8,10H,2-5,9H2,1H3. The number of hydrogen-bond donors (Lipinski definition) is 0. The molecule has 0 bridgehead atoms. The van der Waals surface area contributed by atoms with Gasteiger partial charge in [0.15, 0.2) is 5.78 Å². The Labute approximate surface area is 110 Å². The molecule has 0 fully saturated rings. The maximum Gasteiger partial charge on any atom is 0.573 e. The number of para-hydroxylation sites is 1. The third kappa shape index (κ3) is 5.77. The highest BCUT2D eigenvalue weighted by Gasteiger charge is 2.32. The van der Waals surface area contributed by atoms with Gasteiger partial charge in [0.25, 0.3) is 0 Å². The number of rotatable bonds is 7. The Bertz CT molecular complexity index is 413. The van der Waals surface area contributed by atoms with Crippen LogP contribution in [0, 0.1) is 0 Å². The summed E-state index contributed by atoms with van der Waals surface area (Å²) in [6, 6.07) is 5.47. The summed E-state index contributed by atoms with van der Waals surface area (Å²) in [7, 11) is 0. The second-order valence-corrected chi connectivity index (χ2v) is 4.28. The van der Waals surface area contributed by atoms with Crippen molar-refractivity contribution in [2.45, 2.75) is 45.4 Å². The molecule has 1 aromatic rings. The minimum absolute atomic E-state index is 0.00340. The highest BCUT2D eigenvalue weighted by atomic mass is 19.4. The molecule has 0 aliphatic carbocycles. The number of ketones is 1. The predicted octanol–water partition coefficient (Wildman–Crippen LogP) is 4.74. The molecule has 1 aromatic carbocycles. The number of benzene rings is 1. The number of unbranched alkanes of at least 4 members (excludes halogenated alkanes) is 3. The number of carbonyl (C=O) groups is 1. The Hall–Kier alpha value is -1.52. The fourth-order valence-electron chi connectivity index (χ4n) is 1.76. The van der Waals surface area contributed by atoms with E-state index in [9.17, 15) is 18.0 Å². The Morgan fingerprint density at radius 3 is 2.47 bits per heavy atom. The first-order chi connectivity index (χ1) is 8.94. The van der Waals surface area contributed by atoms with Crippen molar-refractivity contribution in [1.29, 1.82) is 0 Å². The summed E-state index contributed by atoms with van der Waals surface area (Å²) in [4.78, 5) is 11.9. The average Bonchev–Trinajstić information content (AvgIpc) is 2.33. The van der Waals surface area contributed by atoms with E-state index < -0.39 is 12.1 Å². The number of alkyl halides is 3. The van der Waals surface area contributed by atoms with Crippen LogP contribution in [-0.2, 0) is 0 Å². The van der Waals surface area contributed by atoms with Crippen LogP contribution in [0.1, 0.15) is 49.4 Å². The fourth-order valence-corrected chi connectivity index (χ4v) is 1.76. The first-order valence-corrected chi connectivity index (χ1v) is 6.32. The fraction of sp³-hybridized carbons (Fsp3) is 0.500. The van der Waals surface area contributed by atoms with Crippen molar-refractivity contribution in [3.63, 3.8) is 0 Å². The molecule has 5 heteroatoms. The van der Waals surface area contributed by atoms with Crippen LogP contribution in [-0.4, -0.2) is 12.1 Å². The van der Waals surface area contributed by atoms with Gasteiger partial charge in [-0.15, -0.1) is 13.2 Å². The molecule has 0 aromatic heterocycles. The average molecular weight is 274 g/mol. The van der Waals surface area contributed by atoms with Gasteiger partial charge in [0, 0.05) is 6.42 Å². The van der Waals surface area contributed by atoms with Gasteiger partial charge in [-0.25, -0.2) is 0 Å². The molecule has 106 valence electrons. The van der Waals surface area contributed by atoms with E-state index in [2.05, 4.69) is 4.74 Å². The van der Waals surface area contributed by atoms with Crippen molar-refractivity contribution in [2.75, 3.05) is 0 Å². The lowest BCUT2D eigenvalue weighted by atomic mass is 10.0. The van der Waals surface area contributed by atoms with Crippen LogP contribution in [0.15, 0.2) is 24.3 Å². The second kappa shape index (κ2) is 7.16. The SMILES string of the molecule is CCCCCCC(=O)c1ccccc1OC(F)(F)F. The van der Waals surface area contributed by atoms with Gasteiger partial charge >= 0.3 is 6.36 Å². The van der Waals surface area contributed by atoms with Crippen molar-refractivity contribution >= 4 is 5.78 Å². The Morgan fingerprint density at radius 1 is 1.16 bits per heavy atom. The molecule has 0 atom stereocenters. The van der Waals surface area contributed by atoms with Gasteiger partial charge in [-0.05, 0) is 18.6 Å². The maximum atomic E-state index is 12.2. The number of hydrogen-bond acceptors (Lipinski definition) is 2. The molecule has 2 nitrogen and oxygen atoms in total. The number of Topliss-reactive ketones (excluding diaryl/α,β-unsaturated/α-hetero) is 1. The molecule has 0 radical (unpaired) electrons. The topological polar surface area (TPSA) is 26.3 Å². The number of halogens is 3. The molecule has 0 aliphatic rings. The molecule has 0 N–H and O–H groups in total. The van der Waals surface area contributed by atoms with Crippen LogP contribution < -0.4 is 4.74 Å². The first-order valence-electron chi connectivity index (χ1n) is 6.32. The summed E-state index contributed by atoms with van der Waals surface area (Å²) in [5.74, 6) is -0.730. The summed E-state index contributed by atoms with van der Waals surface area (Å²) in [6.45, 7) is 2.05. The van der Waals surface area contributed by atoms with E-state index >= 15 is 0 Å². The molecular formula is C14H17F3O2. The van der Waals surface area contributed by atoms with Gasteiger partial charge in [-0.2, -0.15) is 0 Å². The second-order valence-electron chi connectivity index (χ2n) is 4.28. The van der Waals surface area contributed by atoms with Crippen molar-refractivity contribution in [3.05, 3.63) is 29.8 Å². The van der Waals surface area contributed by atoms with Crippen LogP contribution in [0.25, 0.3) is 0 Å². The third-order valence-corrected chi connectivity index (χ3v) is 2.67. The Morgan fingerprint density at radius 2 is 1.84 bits per heavy atom. The number of ether oxygens (including phenoxy) is 1.